The molecule has 0 atom stereocenters. The van der Waals surface area contributed by atoms with Crippen LogP contribution in [0.15, 0.2) is 27.1 Å². The maximum atomic E-state index is 4.00. The summed E-state index contributed by atoms with van der Waals surface area (Å²) in [5.74, 6) is 0. The zero-order valence-electron chi connectivity index (χ0n) is 3.20. The Kier molecular flexibility index (Phi) is 1.40. The van der Waals surface area contributed by atoms with Gasteiger partial charge in [0.2, 0.25) is 0 Å². The summed E-state index contributed by atoms with van der Waals surface area (Å²) in [4.78, 5) is 2.11. The number of rotatable bonds is 0. The van der Waals surface area contributed by atoms with Gasteiger partial charge in [-0.15, -0.1) is 0 Å². The summed E-state index contributed by atoms with van der Waals surface area (Å²) in [5, 5.41) is 0. The predicted octanol–water partition coefficient (Wildman–Crippen LogP) is 0.915. The molecule has 2 heteroatoms. The van der Waals surface area contributed by atoms with Gasteiger partial charge in [-0.25, -0.2) is 0 Å². The van der Waals surface area contributed by atoms with E-state index in [0.29, 0.717) is 0 Å². The van der Waals surface area contributed by atoms with Crippen LogP contribution in [-0.2, 0) is 0 Å². The molecule has 30 valence electrons. The van der Waals surface area contributed by atoms with Crippen molar-refractivity contribution in [3.05, 3.63) is 23.2 Å². The van der Waals surface area contributed by atoms with Crippen LogP contribution in [0.4, 0.5) is 0 Å². The van der Waals surface area contributed by atoms with Gasteiger partial charge in [0.1, 0.15) is 0 Å². The van der Waals surface area contributed by atoms with E-state index in [2.05, 4.69) is 8.72 Å². The first-order valence-electron chi connectivity index (χ1n) is 1.72. The molecule has 0 N–H and O–H groups in total. The third-order valence-corrected chi connectivity index (χ3v) is 1.68. The van der Waals surface area contributed by atoms with Crippen LogP contribution in [0.2, 0.25) is 0 Å². The van der Waals surface area contributed by atoms with Gasteiger partial charge in [0.05, 0.1) is 0 Å². The molecule has 1 rings (SSSR count). The van der Waals surface area contributed by atoms with E-state index in [-0.39, 0.29) is 15.6 Å². The van der Waals surface area contributed by atoms with Gasteiger partial charge >= 0.3 is 42.6 Å². The van der Waals surface area contributed by atoms with Crippen LogP contribution in [0.5, 0.6) is 0 Å². The number of hydrogen-bond donors (Lipinski definition) is 0. The van der Waals surface area contributed by atoms with Crippen molar-refractivity contribution in [2.24, 2.45) is 3.86 Å². The van der Waals surface area contributed by atoms with E-state index >= 15 is 0 Å². The quantitative estimate of drug-likeness (QED) is 0.444. The number of hydrogen-bond acceptors (Lipinski definition) is 1. The first-order chi connectivity index (χ1) is 3.00. The molecule has 1 nitrogen and oxygen atoms in total. The monoisotopic (exact) mass is 141 g/mol. The summed E-state index contributed by atoms with van der Waals surface area (Å²) in [5.41, 5.74) is 0. The fourth-order valence-corrected chi connectivity index (χ4v) is 1.11. The van der Waals surface area contributed by atoms with Crippen LogP contribution in [-0.4, -0.2) is 15.6 Å². The van der Waals surface area contributed by atoms with Crippen LogP contribution in [0.1, 0.15) is 0 Å². The number of nitrogens with zero attached hydrogens (tertiary/aromatic N) is 1. The first kappa shape index (κ1) is 4.01. The van der Waals surface area contributed by atoms with Gasteiger partial charge in [-0.05, 0) is 0 Å². The summed E-state index contributed by atoms with van der Waals surface area (Å²) in [7, 11) is 0. The minimum atomic E-state index is 0.188. The van der Waals surface area contributed by atoms with E-state index < -0.39 is 0 Å². The fraction of sp³-hybridized carbons (Fsp3) is 0. The normalized spacial score (nSPS) is 18.7. The zero-order valence-corrected chi connectivity index (χ0v) is 5.08. The molecule has 1 aliphatic heterocycles. The Morgan fingerprint density at radius 2 is 2.33 bits per heavy atom. The molecule has 0 saturated carbocycles. The average Bonchev–Trinajstić information content (AvgIpc) is 1.72. The van der Waals surface area contributed by atoms with E-state index in [9.17, 15) is 0 Å². The molecule has 0 aliphatic carbocycles. The molecule has 0 unspecified atom stereocenters. The Morgan fingerprint density at radius 3 is 2.50 bits per heavy atom. The van der Waals surface area contributed by atoms with Crippen molar-refractivity contribution < 1.29 is 0 Å². The molecule has 0 radical (unpaired) electrons. The van der Waals surface area contributed by atoms with Crippen molar-refractivity contribution in [2.45, 2.75) is 0 Å². The van der Waals surface area contributed by atoms with Gasteiger partial charge in [-0.1, -0.05) is 0 Å². The molecule has 0 aromatic carbocycles. The average molecular weight is 141 g/mol. The van der Waals surface area contributed by atoms with Gasteiger partial charge in [0, 0.05) is 0 Å². The Hall–Kier alpha value is -0.162. The molecule has 0 aromatic rings. The van der Waals surface area contributed by atoms with Crippen molar-refractivity contribution in [1.29, 1.82) is 0 Å². The van der Waals surface area contributed by atoms with E-state index in [1.165, 1.54) is 0 Å². The van der Waals surface area contributed by atoms with Crippen LogP contribution in [0.25, 0.3) is 0 Å². The standard InChI is InChI=1S/C4H4AsN/c1-2-4-6-5-3-1/h1-4H. The molecule has 0 amide bonds. The Morgan fingerprint density at radius 1 is 1.33 bits per heavy atom. The molecule has 0 aromatic heterocycles. The van der Waals surface area contributed by atoms with Crippen molar-refractivity contribution in [2.75, 3.05) is 0 Å². The Bertz CT molecular complexity index is 76.9. The second-order valence-electron chi connectivity index (χ2n) is 0.914. The Labute approximate surface area is 43.2 Å². The van der Waals surface area contributed by atoms with E-state index in [1.54, 1.807) is 0 Å². The van der Waals surface area contributed by atoms with E-state index in [1.807, 2.05) is 18.4 Å². The summed E-state index contributed by atoms with van der Waals surface area (Å²) < 4.78 is 4.00. The molecular weight excluding hydrogens is 137 g/mol. The van der Waals surface area contributed by atoms with Crippen LogP contribution in [0, 0.1) is 0 Å². The SMILES string of the molecule is C1=CN=[As]C=C1. The van der Waals surface area contributed by atoms with Crippen LogP contribution in [0.3, 0.4) is 0 Å². The third-order valence-electron chi connectivity index (χ3n) is 0.483. The zero-order chi connectivity index (χ0) is 4.24. The number of allylic oxidation sites excluding steroid dienone is 2. The molecule has 0 spiro atoms. The first-order valence-corrected chi connectivity index (χ1v) is 3.64. The third kappa shape index (κ3) is 0.907. The molecule has 0 bridgehead atoms. The van der Waals surface area contributed by atoms with Crippen molar-refractivity contribution in [3.63, 3.8) is 0 Å². The topological polar surface area (TPSA) is 12.4 Å². The van der Waals surface area contributed by atoms with Crippen LogP contribution < -0.4 is 0 Å². The van der Waals surface area contributed by atoms with Crippen molar-refractivity contribution in [3.8, 4) is 0 Å². The molecule has 6 heavy (non-hydrogen) atoms. The van der Waals surface area contributed by atoms with Gasteiger partial charge in [-0.3, -0.25) is 0 Å². The van der Waals surface area contributed by atoms with Gasteiger partial charge in [0.25, 0.3) is 0 Å². The predicted molar refractivity (Wildman–Crippen MR) is 26.5 cm³/mol. The van der Waals surface area contributed by atoms with Crippen LogP contribution >= 0.6 is 0 Å². The van der Waals surface area contributed by atoms with E-state index in [0.717, 1.165) is 0 Å². The van der Waals surface area contributed by atoms with Gasteiger partial charge < -0.3 is 0 Å². The minimum absolute atomic E-state index is 0.188. The van der Waals surface area contributed by atoms with Crippen molar-refractivity contribution >= 4 is 15.6 Å². The summed E-state index contributed by atoms with van der Waals surface area (Å²) >= 11 is 0.188. The maximum absolute atomic E-state index is 4.00. The molecular formula is C4H4AsN. The second-order valence-corrected chi connectivity index (χ2v) is 2.51. The summed E-state index contributed by atoms with van der Waals surface area (Å²) in [6, 6.07) is 0. The van der Waals surface area contributed by atoms with Crippen molar-refractivity contribution in [1.82, 2.24) is 0 Å². The van der Waals surface area contributed by atoms with Gasteiger partial charge in [-0.2, -0.15) is 0 Å². The molecule has 1 aliphatic rings. The van der Waals surface area contributed by atoms with Gasteiger partial charge in [0.15, 0.2) is 0 Å². The summed E-state index contributed by atoms with van der Waals surface area (Å²) in [6.07, 6.45) is 5.83. The Balaban J connectivity index is 2.77. The van der Waals surface area contributed by atoms with E-state index in [4.69, 9.17) is 0 Å². The molecule has 1 heterocycles. The second kappa shape index (κ2) is 2.09. The summed E-state index contributed by atoms with van der Waals surface area (Å²) in [6.45, 7) is 0. The fourth-order valence-electron chi connectivity index (χ4n) is 0.253. The molecule has 0 saturated heterocycles. The molecule has 0 fully saturated rings.